The van der Waals surface area contributed by atoms with Crippen molar-refractivity contribution in [3.63, 3.8) is 0 Å². The van der Waals surface area contributed by atoms with Gasteiger partial charge >= 0.3 is 5.97 Å². The zero-order valence-electron chi connectivity index (χ0n) is 14.3. The van der Waals surface area contributed by atoms with Crippen LogP contribution >= 0.6 is 0 Å². The van der Waals surface area contributed by atoms with E-state index in [4.69, 9.17) is 5.73 Å². The molecule has 0 saturated carbocycles. The van der Waals surface area contributed by atoms with E-state index in [0.717, 1.165) is 16.5 Å². The number of H-pyrrole nitrogens is 1. The maximum Gasteiger partial charge on any atom is 0.326 e. The monoisotopic (exact) mass is 331 g/mol. The molecule has 0 fully saturated rings. The lowest BCUT2D eigenvalue weighted by Gasteiger charge is -2.26. The van der Waals surface area contributed by atoms with Gasteiger partial charge in [-0.25, -0.2) is 4.79 Å². The molecule has 6 heteroatoms. The molecule has 1 heterocycles. The molecule has 1 amide bonds. The van der Waals surface area contributed by atoms with E-state index in [1.165, 1.54) is 0 Å². The minimum absolute atomic E-state index is 0.157. The van der Waals surface area contributed by atoms with Crippen molar-refractivity contribution < 1.29 is 14.7 Å². The van der Waals surface area contributed by atoms with Gasteiger partial charge in [-0.15, -0.1) is 0 Å². The SMILES string of the molecule is CC(C)CC(NC(=O)C(C)(N)Cc1c[nH]c2ccccc12)C(=O)O. The van der Waals surface area contributed by atoms with Gasteiger partial charge in [0.2, 0.25) is 5.91 Å². The molecule has 1 aromatic carbocycles. The second-order valence-corrected chi connectivity index (χ2v) is 6.95. The third-order valence-corrected chi connectivity index (χ3v) is 4.06. The number of aromatic nitrogens is 1. The summed E-state index contributed by atoms with van der Waals surface area (Å²) in [5, 5.41) is 12.9. The van der Waals surface area contributed by atoms with E-state index in [9.17, 15) is 14.7 Å². The summed E-state index contributed by atoms with van der Waals surface area (Å²) >= 11 is 0. The quantitative estimate of drug-likeness (QED) is 0.622. The van der Waals surface area contributed by atoms with Crippen LogP contribution in [0.25, 0.3) is 10.9 Å². The normalized spacial score (nSPS) is 15.2. The Morgan fingerprint density at radius 2 is 2.00 bits per heavy atom. The van der Waals surface area contributed by atoms with E-state index in [2.05, 4.69) is 10.3 Å². The van der Waals surface area contributed by atoms with Crippen LogP contribution in [0.2, 0.25) is 0 Å². The fourth-order valence-electron chi connectivity index (χ4n) is 2.77. The highest BCUT2D eigenvalue weighted by Crippen LogP contribution is 2.22. The largest absolute Gasteiger partial charge is 0.480 e. The number of nitrogens with two attached hydrogens (primary N) is 1. The third-order valence-electron chi connectivity index (χ3n) is 4.06. The number of carboxylic acid groups (broad SMARTS) is 1. The molecule has 2 rings (SSSR count). The number of carbonyl (C=O) groups is 2. The first kappa shape index (κ1) is 18.0. The highest BCUT2D eigenvalue weighted by Gasteiger charge is 2.33. The molecule has 0 aliphatic carbocycles. The Bertz CT molecular complexity index is 734. The second-order valence-electron chi connectivity index (χ2n) is 6.95. The zero-order chi connectivity index (χ0) is 17.9. The molecule has 2 atom stereocenters. The summed E-state index contributed by atoms with van der Waals surface area (Å²) in [5.74, 6) is -1.34. The predicted octanol–water partition coefficient (Wildman–Crippen LogP) is 2.04. The third kappa shape index (κ3) is 4.14. The molecule has 2 unspecified atom stereocenters. The average Bonchev–Trinajstić information content (AvgIpc) is 2.88. The standard InChI is InChI=1S/C18H25N3O3/c1-11(2)8-15(16(22)23)21-17(24)18(3,19)9-12-10-20-14-7-5-4-6-13(12)14/h4-7,10-11,15,20H,8-9,19H2,1-3H3,(H,21,24)(H,22,23). The van der Waals surface area contributed by atoms with Gasteiger partial charge in [-0.3, -0.25) is 4.79 Å². The van der Waals surface area contributed by atoms with Gasteiger partial charge in [-0.2, -0.15) is 0 Å². The number of hydrogen-bond donors (Lipinski definition) is 4. The Labute approximate surface area is 141 Å². The zero-order valence-corrected chi connectivity index (χ0v) is 14.3. The van der Waals surface area contributed by atoms with E-state index in [1.807, 2.05) is 44.3 Å². The first-order valence-corrected chi connectivity index (χ1v) is 8.08. The molecule has 24 heavy (non-hydrogen) atoms. The van der Waals surface area contributed by atoms with Crippen LogP contribution in [0.5, 0.6) is 0 Å². The number of aromatic amines is 1. The van der Waals surface area contributed by atoms with E-state index in [0.29, 0.717) is 12.8 Å². The lowest BCUT2D eigenvalue weighted by Crippen LogP contribution is -2.57. The summed E-state index contributed by atoms with van der Waals surface area (Å²) in [6.45, 7) is 5.45. The van der Waals surface area contributed by atoms with E-state index >= 15 is 0 Å². The van der Waals surface area contributed by atoms with Gasteiger partial charge in [0.15, 0.2) is 0 Å². The van der Waals surface area contributed by atoms with Gasteiger partial charge in [-0.05, 0) is 30.9 Å². The first-order chi connectivity index (χ1) is 11.2. The van der Waals surface area contributed by atoms with Crippen molar-refractivity contribution in [1.29, 1.82) is 0 Å². The topological polar surface area (TPSA) is 108 Å². The van der Waals surface area contributed by atoms with Crippen molar-refractivity contribution in [2.45, 2.75) is 45.2 Å². The Morgan fingerprint density at radius 3 is 2.62 bits per heavy atom. The maximum atomic E-state index is 12.5. The molecule has 0 aliphatic rings. The average molecular weight is 331 g/mol. The van der Waals surface area contributed by atoms with Crippen molar-refractivity contribution in [2.24, 2.45) is 11.7 Å². The number of aliphatic carboxylic acids is 1. The summed E-state index contributed by atoms with van der Waals surface area (Å²) in [7, 11) is 0. The number of nitrogens with one attached hydrogen (secondary N) is 2. The second kappa shape index (κ2) is 7.05. The van der Waals surface area contributed by atoms with Crippen molar-refractivity contribution in [2.75, 3.05) is 0 Å². The number of fused-ring (bicyclic) bond motifs is 1. The molecular weight excluding hydrogens is 306 g/mol. The Morgan fingerprint density at radius 1 is 1.33 bits per heavy atom. The number of rotatable bonds is 7. The van der Waals surface area contributed by atoms with Crippen LogP contribution in [0.15, 0.2) is 30.5 Å². The molecule has 2 aromatic rings. The smallest absolute Gasteiger partial charge is 0.326 e. The molecule has 0 spiro atoms. The van der Waals surface area contributed by atoms with Crippen LogP contribution in [0.3, 0.4) is 0 Å². The minimum Gasteiger partial charge on any atom is -0.480 e. The summed E-state index contributed by atoms with van der Waals surface area (Å²) in [6.07, 6.45) is 2.52. The van der Waals surface area contributed by atoms with Crippen LogP contribution in [-0.2, 0) is 16.0 Å². The van der Waals surface area contributed by atoms with Gasteiger partial charge in [0.1, 0.15) is 6.04 Å². The number of para-hydroxylation sites is 1. The number of amides is 1. The first-order valence-electron chi connectivity index (χ1n) is 8.08. The van der Waals surface area contributed by atoms with Crippen LogP contribution in [0, 0.1) is 5.92 Å². The Hall–Kier alpha value is -2.34. The summed E-state index contributed by atoms with van der Waals surface area (Å²) in [5.41, 5.74) is 6.91. The fourth-order valence-corrected chi connectivity index (χ4v) is 2.77. The maximum absolute atomic E-state index is 12.5. The van der Waals surface area contributed by atoms with Crippen molar-refractivity contribution >= 4 is 22.8 Å². The van der Waals surface area contributed by atoms with Crippen molar-refractivity contribution in [3.05, 3.63) is 36.0 Å². The minimum atomic E-state index is -1.20. The van der Waals surface area contributed by atoms with Crippen LogP contribution in [-0.4, -0.2) is 33.5 Å². The Kier molecular flexibility index (Phi) is 5.29. The lowest BCUT2D eigenvalue weighted by molar-refractivity contribution is -0.143. The summed E-state index contributed by atoms with van der Waals surface area (Å²) < 4.78 is 0. The molecule has 5 N–H and O–H groups in total. The van der Waals surface area contributed by atoms with E-state index < -0.39 is 23.5 Å². The van der Waals surface area contributed by atoms with Crippen LogP contribution in [0.4, 0.5) is 0 Å². The summed E-state index contributed by atoms with van der Waals surface area (Å²) in [6, 6.07) is 6.85. The molecule has 0 saturated heterocycles. The number of hydrogen-bond acceptors (Lipinski definition) is 3. The highest BCUT2D eigenvalue weighted by molar-refractivity contribution is 5.91. The van der Waals surface area contributed by atoms with Crippen LogP contribution < -0.4 is 11.1 Å². The highest BCUT2D eigenvalue weighted by atomic mass is 16.4. The molecule has 6 nitrogen and oxygen atoms in total. The van der Waals surface area contributed by atoms with E-state index in [-0.39, 0.29) is 5.92 Å². The van der Waals surface area contributed by atoms with Gasteiger partial charge in [-0.1, -0.05) is 32.0 Å². The molecular formula is C18H25N3O3. The van der Waals surface area contributed by atoms with Gasteiger partial charge < -0.3 is 21.1 Å². The van der Waals surface area contributed by atoms with Gasteiger partial charge in [0.25, 0.3) is 0 Å². The van der Waals surface area contributed by atoms with Crippen LogP contribution in [0.1, 0.15) is 32.8 Å². The molecule has 0 radical (unpaired) electrons. The Balaban J connectivity index is 2.13. The summed E-state index contributed by atoms with van der Waals surface area (Å²) in [4.78, 5) is 27.0. The molecule has 0 bridgehead atoms. The lowest BCUT2D eigenvalue weighted by atomic mass is 9.92. The molecule has 0 aliphatic heterocycles. The number of carbonyl (C=O) groups excluding carboxylic acids is 1. The molecule has 130 valence electrons. The van der Waals surface area contributed by atoms with Crippen molar-refractivity contribution in [3.8, 4) is 0 Å². The predicted molar refractivity (Wildman–Crippen MR) is 93.6 cm³/mol. The van der Waals surface area contributed by atoms with E-state index in [1.54, 1.807) is 6.92 Å². The van der Waals surface area contributed by atoms with Gasteiger partial charge in [0.05, 0.1) is 5.54 Å². The van der Waals surface area contributed by atoms with Crippen molar-refractivity contribution in [1.82, 2.24) is 10.3 Å². The van der Waals surface area contributed by atoms with Gasteiger partial charge in [0, 0.05) is 23.5 Å². The fraction of sp³-hybridized carbons (Fsp3) is 0.444. The number of benzene rings is 1. The number of carboxylic acids is 1. The molecule has 1 aromatic heterocycles.